The van der Waals surface area contributed by atoms with Gasteiger partial charge in [-0.3, -0.25) is 0 Å². The van der Waals surface area contributed by atoms with E-state index in [2.05, 4.69) is 11.3 Å². The lowest BCUT2D eigenvalue weighted by atomic mass is 10.1. The van der Waals surface area contributed by atoms with Crippen molar-refractivity contribution >= 4 is 15.8 Å². The predicted octanol–water partition coefficient (Wildman–Crippen LogP) is 2.95. The zero-order valence-corrected chi connectivity index (χ0v) is 12.2. The Kier molecular flexibility index (Phi) is 6.38. The second kappa shape index (κ2) is 6.80. The zero-order valence-electron chi connectivity index (χ0n) is 11.3. The molecule has 0 fully saturated rings. The molecule has 0 saturated carbocycles. The molecule has 0 aromatic rings. The van der Waals surface area contributed by atoms with E-state index in [0.29, 0.717) is 6.08 Å². The van der Waals surface area contributed by atoms with Crippen molar-refractivity contribution in [3.05, 3.63) is 12.7 Å². The molecule has 0 spiro atoms. The van der Waals surface area contributed by atoms with E-state index in [0.717, 1.165) is 0 Å². The van der Waals surface area contributed by atoms with Crippen LogP contribution in [0, 0.1) is 0 Å². The van der Waals surface area contributed by atoms with Crippen LogP contribution in [0.15, 0.2) is 12.7 Å². The fraction of sp³-hybridized carbons (Fsp3) is 0.700. The molecule has 0 unspecified atom stereocenters. The highest BCUT2D eigenvalue weighted by molar-refractivity contribution is 7.92. The van der Waals surface area contributed by atoms with E-state index in [9.17, 15) is 52.7 Å². The Hall–Kier alpha value is -1.47. The smallest absolute Gasteiger partial charge is 0.460 e. The molecule has 14 heteroatoms. The highest BCUT2D eigenvalue weighted by atomic mass is 32.2. The van der Waals surface area contributed by atoms with Crippen LogP contribution in [0.2, 0.25) is 0 Å². The number of ether oxygens (including phenoxy) is 1. The minimum atomic E-state index is -7.30. The molecular weight excluding hydrogens is 387 g/mol. The number of hydrogen-bond donors (Lipinski definition) is 0. The molecule has 4 nitrogen and oxygen atoms in total. The number of halogens is 9. The highest BCUT2D eigenvalue weighted by Gasteiger charge is 2.84. The second-order valence-electron chi connectivity index (χ2n) is 4.21. The first-order valence-electron chi connectivity index (χ1n) is 5.67. The standard InChI is InChI=1S/C10H9F9O4S/c1-2-6(20)23-4-3-5-24(21,22)10(18,19)8(13,14)7(11,12)9(15,16)17/h2H,1,3-5H2. The Balaban J connectivity index is 5.40. The van der Waals surface area contributed by atoms with E-state index < -0.39 is 57.9 Å². The van der Waals surface area contributed by atoms with Crippen LogP contribution in [0.25, 0.3) is 0 Å². The number of carbonyl (C=O) groups is 1. The van der Waals surface area contributed by atoms with Gasteiger partial charge in [-0.25, -0.2) is 13.2 Å². The summed E-state index contributed by atoms with van der Waals surface area (Å²) in [7, 11) is -6.45. The van der Waals surface area contributed by atoms with Crippen LogP contribution in [0.1, 0.15) is 6.42 Å². The summed E-state index contributed by atoms with van der Waals surface area (Å²) >= 11 is 0. The highest BCUT2D eigenvalue weighted by Crippen LogP contribution is 2.54. The first kappa shape index (κ1) is 22.5. The van der Waals surface area contributed by atoms with Crippen LogP contribution >= 0.6 is 0 Å². The molecule has 0 radical (unpaired) electrons. The van der Waals surface area contributed by atoms with Gasteiger partial charge in [0.15, 0.2) is 0 Å². The molecule has 0 aromatic carbocycles. The van der Waals surface area contributed by atoms with Gasteiger partial charge in [0.05, 0.1) is 12.4 Å². The molecule has 0 bridgehead atoms. The number of esters is 1. The molecule has 0 aromatic heterocycles. The van der Waals surface area contributed by atoms with Crippen molar-refractivity contribution in [1.82, 2.24) is 0 Å². The molecular formula is C10H9F9O4S. The molecule has 0 atom stereocenters. The van der Waals surface area contributed by atoms with Crippen LogP contribution in [0.4, 0.5) is 39.5 Å². The summed E-state index contributed by atoms with van der Waals surface area (Å²) in [6, 6.07) is 0. The van der Waals surface area contributed by atoms with Gasteiger partial charge in [-0.15, -0.1) is 0 Å². The Morgan fingerprint density at radius 1 is 0.958 bits per heavy atom. The molecule has 0 N–H and O–H groups in total. The van der Waals surface area contributed by atoms with Gasteiger partial charge in [0.2, 0.25) is 9.84 Å². The van der Waals surface area contributed by atoms with E-state index in [4.69, 9.17) is 0 Å². The van der Waals surface area contributed by atoms with Gasteiger partial charge in [0.1, 0.15) is 0 Å². The molecule has 0 aliphatic carbocycles. The Labute approximate surface area is 129 Å². The van der Waals surface area contributed by atoms with Gasteiger partial charge in [0, 0.05) is 6.08 Å². The fourth-order valence-electron chi connectivity index (χ4n) is 1.16. The lowest BCUT2D eigenvalue weighted by molar-refractivity contribution is -0.382. The number of alkyl halides is 9. The van der Waals surface area contributed by atoms with Crippen molar-refractivity contribution < 1.29 is 57.5 Å². The van der Waals surface area contributed by atoms with Crippen LogP contribution in [-0.2, 0) is 19.4 Å². The lowest BCUT2D eigenvalue weighted by Crippen LogP contribution is -2.63. The van der Waals surface area contributed by atoms with Gasteiger partial charge >= 0.3 is 29.2 Å². The molecule has 0 aliphatic heterocycles. The first-order valence-corrected chi connectivity index (χ1v) is 7.32. The maximum Gasteiger partial charge on any atom is 0.460 e. The van der Waals surface area contributed by atoms with Crippen molar-refractivity contribution in [3.63, 3.8) is 0 Å². The van der Waals surface area contributed by atoms with Crippen molar-refractivity contribution in [3.8, 4) is 0 Å². The zero-order chi connectivity index (χ0) is 19.6. The summed E-state index contributed by atoms with van der Waals surface area (Å²) in [6.45, 7) is 2.01. The molecule has 0 saturated heterocycles. The van der Waals surface area contributed by atoms with E-state index in [1.807, 2.05) is 0 Å². The van der Waals surface area contributed by atoms with Crippen LogP contribution in [-0.4, -0.2) is 50.0 Å². The minimum Gasteiger partial charge on any atom is -0.463 e. The second-order valence-corrected chi connectivity index (χ2v) is 6.36. The van der Waals surface area contributed by atoms with E-state index in [-0.39, 0.29) is 0 Å². The minimum absolute atomic E-state index is 0.584. The monoisotopic (exact) mass is 396 g/mol. The maximum atomic E-state index is 13.2. The van der Waals surface area contributed by atoms with Gasteiger partial charge < -0.3 is 4.74 Å². The van der Waals surface area contributed by atoms with Gasteiger partial charge in [-0.05, 0) is 6.42 Å². The summed E-state index contributed by atoms with van der Waals surface area (Å²) < 4.78 is 139. The van der Waals surface area contributed by atoms with Crippen LogP contribution in [0.5, 0.6) is 0 Å². The summed E-state index contributed by atoms with van der Waals surface area (Å²) in [5.74, 6) is -17.6. The van der Waals surface area contributed by atoms with E-state index in [1.165, 1.54) is 0 Å². The fourth-order valence-corrected chi connectivity index (χ4v) is 2.44. The van der Waals surface area contributed by atoms with Gasteiger partial charge in [-0.2, -0.15) is 39.5 Å². The number of rotatable bonds is 8. The number of carbonyl (C=O) groups excluding carboxylic acids is 1. The Morgan fingerprint density at radius 2 is 1.42 bits per heavy atom. The average Bonchev–Trinajstić information content (AvgIpc) is 2.41. The molecule has 0 heterocycles. The quantitative estimate of drug-likeness (QED) is 0.274. The third kappa shape index (κ3) is 3.95. The Bertz CT molecular complexity index is 580. The summed E-state index contributed by atoms with van der Waals surface area (Å²) in [4.78, 5) is 10.6. The normalized spacial score (nSPS) is 14.4. The average molecular weight is 396 g/mol. The van der Waals surface area contributed by atoms with Crippen LogP contribution in [0.3, 0.4) is 0 Å². The number of sulfone groups is 1. The first-order chi connectivity index (χ1) is 10.5. The van der Waals surface area contributed by atoms with Crippen molar-refractivity contribution in [2.24, 2.45) is 0 Å². The third-order valence-corrected chi connectivity index (χ3v) is 4.34. The largest absolute Gasteiger partial charge is 0.463 e. The van der Waals surface area contributed by atoms with Crippen molar-refractivity contribution in [1.29, 1.82) is 0 Å². The van der Waals surface area contributed by atoms with Gasteiger partial charge in [0.25, 0.3) is 0 Å². The lowest BCUT2D eigenvalue weighted by Gasteiger charge is -2.33. The Morgan fingerprint density at radius 3 is 1.79 bits per heavy atom. The maximum absolute atomic E-state index is 13.2. The van der Waals surface area contributed by atoms with Crippen molar-refractivity contribution in [2.75, 3.05) is 12.4 Å². The SMILES string of the molecule is C=CC(=O)OCCCS(=O)(=O)C(F)(F)C(F)(F)C(F)(F)C(F)(F)F. The summed E-state index contributed by atoms with van der Waals surface area (Å²) in [6.07, 6.45) is -7.58. The van der Waals surface area contributed by atoms with E-state index in [1.54, 1.807) is 0 Å². The topological polar surface area (TPSA) is 60.4 Å². The summed E-state index contributed by atoms with van der Waals surface area (Å²) in [5.41, 5.74) is 0. The molecule has 0 aliphatic rings. The van der Waals surface area contributed by atoms with Gasteiger partial charge in [-0.1, -0.05) is 6.58 Å². The third-order valence-electron chi connectivity index (χ3n) is 2.47. The molecule has 24 heavy (non-hydrogen) atoms. The molecule has 0 rings (SSSR count). The van der Waals surface area contributed by atoms with E-state index >= 15 is 0 Å². The molecule has 0 amide bonds. The van der Waals surface area contributed by atoms with Crippen molar-refractivity contribution in [2.45, 2.75) is 29.7 Å². The number of hydrogen-bond acceptors (Lipinski definition) is 4. The van der Waals surface area contributed by atoms with Crippen LogP contribution < -0.4 is 0 Å². The predicted molar refractivity (Wildman–Crippen MR) is 60.5 cm³/mol. The summed E-state index contributed by atoms with van der Waals surface area (Å²) in [5, 5.41) is -6.72. The molecule has 142 valence electrons.